The monoisotopic (exact) mass is 374 g/mol. The number of hydrogen-bond donors (Lipinski definition) is 3. The number of benzene rings is 1. The van der Waals surface area contributed by atoms with Crippen LogP contribution in [0.15, 0.2) is 30.9 Å². The second-order valence-corrected chi connectivity index (χ2v) is 6.84. The molecule has 1 heterocycles. The molecule has 3 N–H and O–H groups in total. The summed E-state index contributed by atoms with van der Waals surface area (Å²) in [6.07, 6.45) is -0.460. The second kappa shape index (κ2) is 8.10. The third-order valence-electron chi connectivity index (χ3n) is 3.78. The van der Waals surface area contributed by atoms with Gasteiger partial charge in [0, 0.05) is 29.7 Å². The Morgan fingerprint density at radius 2 is 2.16 bits per heavy atom. The van der Waals surface area contributed by atoms with Crippen molar-refractivity contribution in [2.75, 3.05) is 19.6 Å². The highest BCUT2D eigenvalue weighted by Gasteiger charge is 2.21. The molecule has 0 radical (unpaired) electrons. The van der Waals surface area contributed by atoms with E-state index in [1.807, 2.05) is 6.92 Å². The van der Waals surface area contributed by atoms with Gasteiger partial charge in [-0.05, 0) is 31.0 Å². The first-order valence-electron chi connectivity index (χ1n) is 7.68. The molecule has 2 aromatic rings. The Bertz CT molecular complexity index is 788. The molecule has 0 aliphatic rings. The van der Waals surface area contributed by atoms with Gasteiger partial charge in [-0.25, -0.2) is 13.3 Å². The Balaban J connectivity index is 2.32. The summed E-state index contributed by atoms with van der Waals surface area (Å²) in [6, 6.07) is 4.85. The maximum atomic E-state index is 12.7. The van der Waals surface area contributed by atoms with E-state index in [1.54, 1.807) is 23.1 Å². The number of hydrogen-bond acceptors (Lipinski definition) is 3. The van der Waals surface area contributed by atoms with Crippen molar-refractivity contribution < 1.29 is 27.7 Å². The van der Waals surface area contributed by atoms with Crippen LogP contribution in [0.1, 0.15) is 11.3 Å². The van der Waals surface area contributed by atoms with E-state index in [0.717, 1.165) is 11.3 Å². The SMILES string of the molecule is C=CCN(CCc1c(C)[nH]c2cccc(OP(=O)(O)O)c12)CC(F)F. The summed E-state index contributed by atoms with van der Waals surface area (Å²) in [5, 5.41) is 0.555. The average molecular weight is 374 g/mol. The molecule has 6 nitrogen and oxygen atoms in total. The molecule has 138 valence electrons. The van der Waals surface area contributed by atoms with Crippen molar-refractivity contribution in [3.8, 4) is 5.75 Å². The smallest absolute Gasteiger partial charge is 0.404 e. The lowest BCUT2D eigenvalue weighted by Crippen LogP contribution is -2.31. The second-order valence-electron chi connectivity index (χ2n) is 5.68. The van der Waals surface area contributed by atoms with Crippen LogP contribution in [0.5, 0.6) is 5.75 Å². The van der Waals surface area contributed by atoms with Crippen LogP contribution in [-0.4, -0.2) is 45.7 Å². The van der Waals surface area contributed by atoms with E-state index in [0.29, 0.717) is 30.4 Å². The van der Waals surface area contributed by atoms with Crippen LogP contribution in [-0.2, 0) is 11.0 Å². The lowest BCUT2D eigenvalue weighted by atomic mass is 10.1. The average Bonchev–Trinajstić information content (AvgIpc) is 2.79. The van der Waals surface area contributed by atoms with Crippen LogP contribution in [0.3, 0.4) is 0 Å². The Labute approximate surface area is 144 Å². The number of aromatic nitrogens is 1. The summed E-state index contributed by atoms with van der Waals surface area (Å²) in [7, 11) is -4.71. The third-order valence-corrected chi connectivity index (χ3v) is 4.22. The van der Waals surface area contributed by atoms with Gasteiger partial charge in [0.05, 0.1) is 6.54 Å². The van der Waals surface area contributed by atoms with Crippen LogP contribution in [0.2, 0.25) is 0 Å². The van der Waals surface area contributed by atoms with Crippen molar-refractivity contribution in [1.82, 2.24) is 9.88 Å². The number of alkyl halides is 2. The quantitative estimate of drug-likeness (QED) is 0.463. The van der Waals surface area contributed by atoms with E-state index in [4.69, 9.17) is 14.3 Å². The Morgan fingerprint density at radius 3 is 2.76 bits per heavy atom. The number of H-pyrrole nitrogens is 1. The molecule has 0 spiro atoms. The topological polar surface area (TPSA) is 85.8 Å². The van der Waals surface area contributed by atoms with Crippen LogP contribution in [0, 0.1) is 6.92 Å². The standard InChI is InChI=1S/C16H21F2N2O4P/c1-3-8-20(10-15(17)18)9-7-12-11(2)19-13-5-4-6-14(16(12)13)24-25(21,22)23/h3-6,15,19H,1,7-10H2,2H3,(H2,21,22,23). The Hall–Kier alpha value is -1.73. The summed E-state index contributed by atoms with van der Waals surface area (Å²) < 4.78 is 41.3. The van der Waals surface area contributed by atoms with Gasteiger partial charge < -0.3 is 9.51 Å². The predicted molar refractivity (Wildman–Crippen MR) is 92.1 cm³/mol. The number of fused-ring (bicyclic) bond motifs is 1. The Kier molecular flexibility index (Phi) is 6.35. The maximum Gasteiger partial charge on any atom is 0.524 e. The molecule has 0 bridgehead atoms. The molecule has 0 fully saturated rings. The minimum absolute atomic E-state index is 0.0642. The first-order valence-corrected chi connectivity index (χ1v) is 9.21. The number of aryl methyl sites for hydroxylation is 1. The highest BCUT2D eigenvalue weighted by molar-refractivity contribution is 7.46. The minimum atomic E-state index is -4.71. The lowest BCUT2D eigenvalue weighted by Gasteiger charge is -2.20. The third kappa shape index (κ3) is 5.37. The fraction of sp³-hybridized carbons (Fsp3) is 0.375. The molecular formula is C16H21F2N2O4P. The predicted octanol–water partition coefficient (Wildman–Crippen LogP) is 3.24. The highest BCUT2D eigenvalue weighted by Crippen LogP contribution is 2.42. The van der Waals surface area contributed by atoms with Gasteiger partial charge in [0.15, 0.2) is 0 Å². The summed E-state index contributed by atoms with van der Waals surface area (Å²) in [5.41, 5.74) is 2.25. The van der Waals surface area contributed by atoms with Gasteiger partial charge in [0.25, 0.3) is 6.43 Å². The summed E-state index contributed by atoms with van der Waals surface area (Å²) in [6.45, 7) is 5.72. The zero-order valence-corrected chi connectivity index (χ0v) is 14.7. The molecule has 25 heavy (non-hydrogen) atoms. The Morgan fingerprint density at radius 1 is 1.44 bits per heavy atom. The van der Waals surface area contributed by atoms with Crippen molar-refractivity contribution >= 4 is 18.7 Å². The van der Waals surface area contributed by atoms with Gasteiger partial charge in [-0.1, -0.05) is 12.1 Å². The molecule has 9 heteroatoms. The zero-order valence-electron chi connectivity index (χ0n) is 13.8. The van der Waals surface area contributed by atoms with Crippen molar-refractivity contribution in [3.63, 3.8) is 0 Å². The summed E-state index contributed by atoms with van der Waals surface area (Å²) >= 11 is 0. The van der Waals surface area contributed by atoms with E-state index in [9.17, 15) is 13.3 Å². The minimum Gasteiger partial charge on any atom is -0.404 e. The fourth-order valence-corrected chi connectivity index (χ4v) is 3.24. The number of nitrogens with zero attached hydrogens (tertiary/aromatic N) is 1. The van der Waals surface area contributed by atoms with Gasteiger partial charge in [0.1, 0.15) is 5.75 Å². The fourth-order valence-electron chi connectivity index (χ4n) is 2.83. The van der Waals surface area contributed by atoms with Crippen LogP contribution in [0.4, 0.5) is 8.78 Å². The molecule has 2 rings (SSSR count). The number of phosphoric ester groups is 1. The zero-order chi connectivity index (χ0) is 18.6. The molecule has 0 unspecified atom stereocenters. The largest absolute Gasteiger partial charge is 0.524 e. The van der Waals surface area contributed by atoms with Gasteiger partial charge in [-0.2, -0.15) is 0 Å². The van der Waals surface area contributed by atoms with Crippen LogP contribution < -0.4 is 4.52 Å². The molecule has 0 saturated heterocycles. The van der Waals surface area contributed by atoms with Gasteiger partial charge in [-0.3, -0.25) is 14.7 Å². The van der Waals surface area contributed by atoms with E-state index >= 15 is 0 Å². The lowest BCUT2D eigenvalue weighted by molar-refractivity contribution is 0.0943. The number of rotatable bonds is 9. The van der Waals surface area contributed by atoms with E-state index in [2.05, 4.69) is 11.6 Å². The molecule has 1 aromatic carbocycles. The number of halogens is 2. The van der Waals surface area contributed by atoms with Gasteiger partial charge in [-0.15, -0.1) is 6.58 Å². The molecular weight excluding hydrogens is 353 g/mol. The van der Waals surface area contributed by atoms with E-state index in [-0.39, 0.29) is 12.3 Å². The first-order chi connectivity index (χ1) is 11.7. The van der Waals surface area contributed by atoms with E-state index in [1.165, 1.54) is 6.07 Å². The van der Waals surface area contributed by atoms with Crippen molar-refractivity contribution in [2.45, 2.75) is 19.8 Å². The molecule has 1 aromatic heterocycles. The number of nitrogens with one attached hydrogen (secondary N) is 1. The van der Waals surface area contributed by atoms with Crippen LogP contribution >= 0.6 is 7.82 Å². The molecule has 0 atom stereocenters. The number of phosphoric acid groups is 1. The first kappa shape index (κ1) is 19.6. The summed E-state index contributed by atoms with van der Waals surface area (Å²) in [5.74, 6) is 0.0642. The van der Waals surface area contributed by atoms with Crippen molar-refractivity contribution in [2.24, 2.45) is 0 Å². The number of aromatic amines is 1. The van der Waals surface area contributed by atoms with Crippen molar-refractivity contribution in [3.05, 3.63) is 42.1 Å². The van der Waals surface area contributed by atoms with Gasteiger partial charge >= 0.3 is 7.82 Å². The maximum absolute atomic E-state index is 12.7. The summed E-state index contributed by atoms with van der Waals surface area (Å²) in [4.78, 5) is 22.9. The van der Waals surface area contributed by atoms with Gasteiger partial charge in [0.2, 0.25) is 0 Å². The molecule has 0 amide bonds. The highest BCUT2D eigenvalue weighted by atomic mass is 31.2. The molecule has 0 aliphatic carbocycles. The molecule has 0 saturated carbocycles. The molecule has 0 aliphatic heterocycles. The van der Waals surface area contributed by atoms with Crippen LogP contribution in [0.25, 0.3) is 10.9 Å². The van der Waals surface area contributed by atoms with E-state index < -0.39 is 14.2 Å². The van der Waals surface area contributed by atoms with Crippen molar-refractivity contribution in [1.29, 1.82) is 0 Å². The normalized spacial score (nSPS) is 12.3.